The molecular formula is C19H26N4O2. The number of hydrogen-bond donors (Lipinski definition) is 1. The molecule has 2 rings (SSSR count). The molecule has 1 aromatic heterocycles. The number of unbranched alkanes of at least 4 members (excludes halogenated alkanes) is 1. The second kappa shape index (κ2) is 9.61. The van der Waals surface area contributed by atoms with Crippen molar-refractivity contribution in [3.63, 3.8) is 0 Å². The fourth-order valence-electron chi connectivity index (χ4n) is 2.47. The van der Waals surface area contributed by atoms with Crippen LogP contribution < -0.4 is 10.1 Å². The van der Waals surface area contributed by atoms with Crippen molar-refractivity contribution in [1.29, 1.82) is 0 Å². The Kier molecular flexibility index (Phi) is 7.19. The highest BCUT2D eigenvalue weighted by atomic mass is 16.5. The summed E-state index contributed by atoms with van der Waals surface area (Å²) in [6.07, 6.45) is 4.43. The van der Waals surface area contributed by atoms with Crippen LogP contribution in [0.15, 0.2) is 36.5 Å². The first kappa shape index (κ1) is 18.7. The number of aromatic nitrogens is 2. The van der Waals surface area contributed by atoms with Gasteiger partial charge in [0.05, 0.1) is 7.11 Å². The van der Waals surface area contributed by atoms with E-state index in [4.69, 9.17) is 4.74 Å². The van der Waals surface area contributed by atoms with Gasteiger partial charge in [-0.15, -0.1) is 0 Å². The monoisotopic (exact) mass is 342 g/mol. The molecule has 2 aromatic rings. The van der Waals surface area contributed by atoms with Gasteiger partial charge >= 0.3 is 0 Å². The fraction of sp³-hybridized carbons (Fsp3) is 0.421. The van der Waals surface area contributed by atoms with Crippen LogP contribution in [0.2, 0.25) is 0 Å². The summed E-state index contributed by atoms with van der Waals surface area (Å²) in [6, 6.07) is 9.56. The van der Waals surface area contributed by atoms with Gasteiger partial charge in [0.1, 0.15) is 11.4 Å². The normalized spacial score (nSPS) is 10.4. The third kappa shape index (κ3) is 5.45. The Labute approximate surface area is 149 Å². The largest absolute Gasteiger partial charge is 0.496 e. The molecule has 0 saturated carbocycles. The van der Waals surface area contributed by atoms with Crippen LogP contribution in [0.25, 0.3) is 0 Å². The predicted molar refractivity (Wildman–Crippen MR) is 99.1 cm³/mol. The number of amides is 1. The first-order chi connectivity index (χ1) is 12.2. The van der Waals surface area contributed by atoms with E-state index in [0.29, 0.717) is 18.2 Å². The van der Waals surface area contributed by atoms with Crippen LogP contribution in [0.1, 0.15) is 35.8 Å². The summed E-state index contributed by atoms with van der Waals surface area (Å²) in [6.45, 7) is 3.49. The van der Waals surface area contributed by atoms with Gasteiger partial charge in [-0.3, -0.25) is 4.79 Å². The van der Waals surface area contributed by atoms with Gasteiger partial charge in [0.2, 0.25) is 5.95 Å². The van der Waals surface area contributed by atoms with E-state index in [1.807, 2.05) is 24.3 Å². The second-order valence-corrected chi connectivity index (χ2v) is 5.83. The van der Waals surface area contributed by atoms with Gasteiger partial charge in [0, 0.05) is 26.3 Å². The minimum atomic E-state index is -0.0800. The maximum absolute atomic E-state index is 12.4. The smallest absolute Gasteiger partial charge is 0.272 e. The molecule has 1 aromatic carbocycles. The van der Waals surface area contributed by atoms with E-state index >= 15 is 0 Å². The van der Waals surface area contributed by atoms with Gasteiger partial charge in [-0.2, -0.15) is 0 Å². The number of ether oxygens (including phenoxy) is 1. The molecule has 0 radical (unpaired) electrons. The summed E-state index contributed by atoms with van der Waals surface area (Å²) in [5.41, 5.74) is 1.53. The number of benzene rings is 1. The average molecular weight is 342 g/mol. The molecule has 1 N–H and O–H groups in total. The van der Waals surface area contributed by atoms with E-state index in [1.165, 1.54) is 0 Å². The van der Waals surface area contributed by atoms with Crippen LogP contribution in [-0.4, -0.2) is 48.0 Å². The standard InChI is InChI=1S/C19H26N4O2/c1-4-5-14-23(2)18(24)16-11-13-21-19(22-16)20-12-10-15-8-6-7-9-17(15)25-3/h6-9,11,13H,4-5,10,12,14H2,1-3H3,(H,20,21,22). The number of nitrogens with zero attached hydrogens (tertiary/aromatic N) is 3. The quantitative estimate of drug-likeness (QED) is 0.759. The molecule has 1 amide bonds. The third-order valence-electron chi connectivity index (χ3n) is 3.94. The van der Waals surface area contributed by atoms with Crippen molar-refractivity contribution in [3.8, 4) is 5.75 Å². The van der Waals surface area contributed by atoms with Gasteiger partial charge in [0.25, 0.3) is 5.91 Å². The van der Waals surface area contributed by atoms with E-state index in [-0.39, 0.29) is 5.91 Å². The molecule has 0 aliphatic heterocycles. The maximum atomic E-state index is 12.4. The Morgan fingerprint density at radius 2 is 2.08 bits per heavy atom. The number of para-hydroxylation sites is 1. The summed E-state index contributed by atoms with van der Waals surface area (Å²) < 4.78 is 5.35. The van der Waals surface area contributed by atoms with Gasteiger partial charge in [0.15, 0.2) is 0 Å². The van der Waals surface area contributed by atoms with E-state index in [2.05, 4.69) is 22.2 Å². The summed E-state index contributed by atoms with van der Waals surface area (Å²) in [5, 5.41) is 3.17. The molecule has 6 heteroatoms. The number of carbonyl (C=O) groups is 1. The Bertz CT molecular complexity index is 691. The van der Waals surface area contributed by atoms with E-state index in [1.54, 1.807) is 31.3 Å². The predicted octanol–water partition coefficient (Wildman–Crippen LogP) is 3.01. The van der Waals surface area contributed by atoms with Crippen LogP contribution in [-0.2, 0) is 6.42 Å². The maximum Gasteiger partial charge on any atom is 0.272 e. The van der Waals surface area contributed by atoms with Crippen LogP contribution in [0.4, 0.5) is 5.95 Å². The zero-order chi connectivity index (χ0) is 18.1. The van der Waals surface area contributed by atoms with Gasteiger partial charge in [-0.05, 0) is 30.5 Å². The highest BCUT2D eigenvalue weighted by Crippen LogP contribution is 2.17. The molecule has 0 unspecified atom stereocenters. The highest BCUT2D eigenvalue weighted by Gasteiger charge is 2.13. The van der Waals surface area contributed by atoms with Crippen molar-refractivity contribution >= 4 is 11.9 Å². The zero-order valence-electron chi connectivity index (χ0n) is 15.2. The second-order valence-electron chi connectivity index (χ2n) is 5.83. The lowest BCUT2D eigenvalue weighted by molar-refractivity contribution is 0.0787. The van der Waals surface area contributed by atoms with Crippen LogP contribution in [0.3, 0.4) is 0 Å². The number of carbonyl (C=O) groups excluding carboxylic acids is 1. The Balaban J connectivity index is 1.94. The molecule has 0 aliphatic rings. The van der Waals surface area contributed by atoms with Crippen molar-refractivity contribution in [2.24, 2.45) is 0 Å². The number of anilines is 1. The average Bonchev–Trinajstić information content (AvgIpc) is 2.66. The Hall–Kier alpha value is -2.63. The molecule has 0 saturated heterocycles. The number of methoxy groups -OCH3 is 1. The fourth-order valence-corrected chi connectivity index (χ4v) is 2.47. The number of hydrogen-bond acceptors (Lipinski definition) is 5. The highest BCUT2D eigenvalue weighted by molar-refractivity contribution is 5.92. The van der Waals surface area contributed by atoms with Crippen LogP contribution in [0, 0.1) is 0 Å². The molecule has 25 heavy (non-hydrogen) atoms. The Morgan fingerprint density at radius 1 is 1.28 bits per heavy atom. The lowest BCUT2D eigenvalue weighted by Crippen LogP contribution is -2.28. The zero-order valence-corrected chi connectivity index (χ0v) is 15.2. The van der Waals surface area contributed by atoms with E-state index in [0.717, 1.165) is 37.1 Å². The minimum absolute atomic E-state index is 0.0800. The first-order valence-electron chi connectivity index (χ1n) is 8.60. The molecular weight excluding hydrogens is 316 g/mol. The Morgan fingerprint density at radius 3 is 2.84 bits per heavy atom. The molecule has 0 bridgehead atoms. The minimum Gasteiger partial charge on any atom is -0.496 e. The van der Waals surface area contributed by atoms with Crippen molar-refractivity contribution in [2.75, 3.05) is 32.6 Å². The molecule has 134 valence electrons. The molecule has 0 fully saturated rings. The van der Waals surface area contributed by atoms with E-state index < -0.39 is 0 Å². The molecule has 0 aliphatic carbocycles. The van der Waals surface area contributed by atoms with Crippen molar-refractivity contribution in [1.82, 2.24) is 14.9 Å². The SMILES string of the molecule is CCCCN(C)C(=O)c1ccnc(NCCc2ccccc2OC)n1. The third-order valence-corrected chi connectivity index (χ3v) is 3.94. The van der Waals surface area contributed by atoms with Gasteiger partial charge in [-0.25, -0.2) is 9.97 Å². The first-order valence-corrected chi connectivity index (χ1v) is 8.60. The summed E-state index contributed by atoms with van der Waals surface area (Å²) in [7, 11) is 3.47. The molecule has 6 nitrogen and oxygen atoms in total. The number of nitrogens with one attached hydrogen (secondary N) is 1. The lowest BCUT2D eigenvalue weighted by atomic mass is 10.1. The summed E-state index contributed by atoms with van der Waals surface area (Å²) in [4.78, 5) is 22.6. The summed E-state index contributed by atoms with van der Waals surface area (Å²) in [5.74, 6) is 1.25. The van der Waals surface area contributed by atoms with Crippen LogP contribution >= 0.6 is 0 Å². The van der Waals surface area contributed by atoms with E-state index in [9.17, 15) is 4.79 Å². The van der Waals surface area contributed by atoms with Crippen molar-refractivity contribution in [2.45, 2.75) is 26.2 Å². The lowest BCUT2D eigenvalue weighted by Gasteiger charge is -2.16. The summed E-state index contributed by atoms with van der Waals surface area (Å²) >= 11 is 0. The van der Waals surface area contributed by atoms with Gasteiger partial charge < -0.3 is 15.0 Å². The molecule has 1 heterocycles. The number of rotatable bonds is 9. The molecule has 0 spiro atoms. The van der Waals surface area contributed by atoms with Gasteiger partial charge in [-0.1, -0.05) is 31.5 Å². The molecule has 0 atom stereocenters. The van der Waals surface area contributed by atoms with Crippen molar-refractivity contribution in [3.05, 3.63) is 47.8 Å². The van der Waals surface area contributed by atoms with Crippen molar-refractivity contribution < 1.29 is 9.53 Å². The van der Waals surface area contributed by atoms with Crippen LogP contribution in [0.5, 0.6) is 5.75 Å². The topological polar surface area (TPSA) is 67.4 Å².